The molecule has 0 aromatic heterocycles. The summed E-state index contributed by atoms with van der Waals surface area (Å²) >= 11 is 0. The van der Waals surface area contributed by atoms with E-state index in [2.05, 4.69) is 70.8 Å². The van der Waals surface area contributed by atoms with Crippen LogP contribution in [0.15, 0.2) is 47.1 Å². The second-order valence-corrected chi connectivity index (χ2v) is 10.0. The quantitative estimate of drug-likeness (QED) is 0.731. The third kappa shape index (κ3) is 3.02. The van der Waals surface area contributed by atoms with E-state index in [0.717, 1.165) is 16.8 Å². The zero-order valence-corrected chi connectivity index (χ0v) is 18.6. The van der Waals surface area contributed by atoms with Gasteiger partial charge in [-0.15, -0.1) is 0 Å². The number of carbonyl (C=O) groups is 1. The van der Waals surface area contributed by atoms with Gasteiger partial charge < -0.3 is 15.4 Å². The average Bonchev–Trinajstić information content (AvgIpc) is 2.63. The van der Waals surface area contributed by atoms with Crippen LogP contribution in [0.2, 0.25) is 0 Å². The van der Waals surface area contributed by atoms with Crippen LogP contribution in [0, 0.1) is 16.7 Å². The van der Waals surface area contributed by atoms with Gasteiger partial charge in [-0.1, -0.05) is 26.0 Å². The summed E-state index contributed by atoms with van der Waals surface area (Å²) in [5.74, 6) is 0.270. The molecule has 0 amide bonds. The van der Waals surface area contributed by atoms with E-state index in [1.807, 2.05) is 6.07 Å². The molecule has 30 heavy (non-hydrogen) atoms. The number of Topliss-reactive ketones (excluding diaryl/α,β-unsaturated/α-hetero) is 1. The molecule has 0 saturated heterocycles. The number of anilines is 1. The van der Waals surface area contributed by atoms with Gasteiger partial charge in [-0.3, -0.25) is 4.79 Å². The molecule has 1 unspecified atom stereocenters. The first-order valence-electron chi connectivity index (χ1n) is 10.4. The lowest BCUT2D eigenvalue weighted by Gasteiger charge is -2.41. The summed E-state index contributed by atoms with van der Waals surface area (Å²) in [6.07, 6.45) is 3.31. The molecule has 156 valence electrons. The van der Waals surface area contributed by atoms with Crippen molar-refractivity contribution in [3.05, 3.63) is 58.2 Å². The zero-order valence-electron chi connectivity index (χ0n) is 18.6. The first-order chi connectivity index (χ1) is 13.9. The molecule has 3 aliphatic rings. The number of hydrogen-bond acceptors (Lipinski definition) is 5. The van der Waals surface area contributed by atoms with E-state index in [0.29, 0.717) is 29.7 Å². The molecule has 0 bridgehead atoms. The van der Waals surface area contributed by atoms with Crippen LogP contribution in [0.25, 0.3) is 5.57 Å². The van der Waals surface area contributed by atoms with Crippen molar-refractivity contribution in [2.75, 3.05) is 11.9 Å². The molecule has 0 fully saturated rings. The van der Waals surface area contributed by atoms with Gasteiger partial charge in [0.15, 0.2) is 5.78 Å². The van der Waals surface area contributed by atoms with Gasteiger partial charge in [0.25, 0.3) is 0 Å². The maximum absolute atomic E-state index is 13.2. The fraction of sp³-hybridized carbons (Fsp3) is 0.440. The smallest absolute Gasteiger partial charge is 0.205 e. The van der Waals surface area contributed by atoms with Crippen LogP contribution in [0.1, 0.15) is 64.5 Å². The van der Waals surface area contributed by atoms with E-state index in [9.17, 15) is 10.1 Å². The molecule has 2 N–H and O–H groups in total. The maximum Gasteiger partial charge on any atom is 0.205 e. The largest absolute Gasteiger partial charge is 0.444 e. The first kappa shape index (κ1) is 20.3. The van der Waals surface area contributed by atoms with E-state index in [4.69, 9.17) is 10.5 Å². The van der Waals surface area contributed by atoms with Gasteiger partial charge in [-0.25, -0.2) is 0 Å². The minimum absolute atomic E-state index is 0.0368. The summed E-state index contributed by atoms with van der Waals surface area (Å²) < 4.78 is 5.80. The lowest BCUT2D eigenvalue weighted by molar-refractivity contribution is -0.119. The van der Waals surface area contributed by atoms with Gasteiger partial charge in [0, 0.05) is 36.7 Å². The number of hydrogen-bond donors (Lipinski definition) is 1. The molecule has 0 spiro atoms. The van der Waals surface area contributed by atoms with Crippen molar-refractivity contribution < 1.29 is 9.53 Å². The lowest BCUT2D eigenvalue weighted by Crippen LogP contribution is -2.42. The minimum Gasteiger partial charge on any atom is -0.444 e. The molecule has 0 radical (unpaired) electrons. The van der Waals surface area contributed by atoms with E-state index in [1.54, 1.807) is 0 Å². The molecular weight excluding hydrogens is 374 g/mol. The standard InChI is InChI=1S/C25H29N3O2/c1-14-10-25(4,5)28(6)18-8-7-15(9-16(14)18)21-17(13-26)23(27)30-20-12-24(2,3)11-19(29)22(20)21/h7-10,21H,11-12,27H2,1-6H3. The van der Waals surface area contributed by atoms with E-state index in [1.165, 1.54) is 5.57 Å². The Labute approximate surface area is 178 Å². The Morgan fingerprint density at radius 3 is 2.60 bits per heavy atom. The SMILES string of the molecule is CC1=CC(C)(C)N(C)c2ccc(C3C(C#N)=C(N)OC4=C3C(=O)CC(C)(C)C4)cc21. The number of benzene rings is 1. The van der Waals surface area contributed by atoms with Gasteiger partial charge in [0.1, 0.15) is 17.4 Å². The highest BCUT2D eigenvalue weighted by atomic mass is 16.5. The molecule has 1 aliphatic carbocycles. The van der Waals surface area contributed by atoms with Crippen molar-refractivity contribution in [1.82, 2.24) is 0 Å². The Morgan fingerprint density at radius 2 is 1.93 bits per heavy atom. The first-order valence-corrected chi connectivity index (χ1v) is 10.4. The summed E-state index contributed by atoms with van der Waals surface area (Å²) in [5, 5.41) is 9.85. The van der Waals surface area contributed by atoms with Gasteiger partial charge in [-0.05, 0) is 49.5 Å². The van der Waals surface area contributed by atoms with Crippen molar-refractivity contribution in [3.63, 3.8) is 0 Å². The number of nitriles is 1. The van der Waals surface area contributed by atoms with Crippen LogP contribution < -0.4 is 10.6 Å². The summed E-state index contributed by atoms with van der Waals surface area (Å²) in [6, 6.07) is 8.41. The van der Waals surface area contributed by atoms with E-state index >= 15 is 0 Å². The van der Waals surface area contributed by atoms with Gasteiger partial charge in [0.2, 0.25) is 5.88 Å². The number of allylic oxidation sites excluding steroid dienone is 4. The van der Waals surface area contributed by atoms with Crippen LogP contribution in [0.5, 0.6) is 0 Å². The number of ether oxygens (including phenoxy) is 1. The molecule has 1 aromatic rings. The Morgan fingerprint density at radius 1 is 1.23 bits per heavy atom. The van der Waals surface area contributed by atoms with Crippen LogP contribution in [-0.4, -0.2) is 18.4 Å². The average molecular weight is 404 g/mol. The number of carbonyl (C=O) groups excluding carboxylic acids is 1. The van der Waals surface area contributed by atoms with Crippen molar-refractivity contribution in [2.45, 2.75) is 58.9 Å². The Kier molecular flexibility index (Phi) is 4.39. The number of nitrogens with zero attached hydrogens (tertiary/aromatic N) is 2. The number of rotatable bonds is 1. The van der Waals surface area contributed by atoms with Crippen LogP contribution >= 0.6 is 0 Å². The summed E-state index contributed by atoms with van der Waals surface area (Å²) in [5.41, 5.74) is 11.1. The number of likely N-dealkylation sites (N-methyl/N-ethyl adjacent to an activating group) is 1. The third-order valence-corrected chi connectivity index (χ3v) is 6.65. The molecule has 0 saturated carbocycles. The highest BCUT2D eigenvalue weighted by Gasteiger charge is 2.43. The second-order valence-electron chi connectivity index (χ2n) is 10.0. The fourth-order valence-electron chi connectivity index (χ4n) is 4.97. The van der Waals surface area contributed by atoms with Crippen molar-refractivity contribution in [1.29, 1.82) is 5.26 Å². The Hall–Kier alpha value is -3.00. The second kappa shape index (κ2) is 6.50. The zero-order chi connectivity index (χ0) is 22.0. The molecule has 5 heteroatoms. The summed E-state index contributed by atoms with van der Waals surface area (Å²) in [7, 11) is 2.09. The predicted molar refractivity (Wildman–Crippen MR) is 118 cm³/mol. The molecule has 2 aliphatic heterocycles. The normalized spacial score (nSPS) is 24.6. The van der Waals surface area contributed by atoms with Gasteiger partial charge in [0.05, 0.1) is 11.5 Å². The molecule has 1 atom stereocenters. The van der Waals surface area contributed by atoms with Gasteiger partial charge >= 0.3 is 0 Å². The van der Waals surface area contributed by atoms with E-state index < -0.39 is 5.92 Å². The van der Waals surface area contributed by atoms with Crippen LogP contribution in [-0.2, 0) is 9.53 Å². The molecule has 5 nitrogen and oxygen atoms in total. The number of nitrogens with two attached hydrogens (primary N) is 1. The topological polar surface area (TPSA) is 79.3 Å². The van der Waals surface area contributed by atoms with Crippen molar-refractivity contribution in [3.8, 4) is 6.07 Å². The monoisotopic (exact) mass is 403 g/mol. The summed E-state index contributed by atoms with van der Waals surface area (Å²) in [6.45, 7) is 10.6. The minimum atomic E-state index is -0.485. The fourth-order valence-corrected chi connectivity index (χ4v) is 4.97. The molecule has 2 heterocycles. The van der Waals surface area contributed by atoms with Crippen molar-refractivity contribution in [2.24, 2.45) is 11.1 Å². The van der Waals surface area contributed by atoms with Crippen LogP contribution in [0.4, 0.5) is 5.69 Å². The predicted octanol–water partition coefficient (Wildman–Crippen LogP) is 4.77. The molecular formula is C25H29N3O2. The van der Waals surface area contributed by atoms with E-state index in [-0.39, 0.29) is 22.6 Å². The maximum atomic E-state index is 13.2. The molecule has 1 aromatic carbocycles. The number of fused-ring (bicyclic) bond motifs is 1. The molecule has 4 rings (SSSR count). The Bertz CT molecular complexity index is 1100. The van der Waals surface area contributed by atoms with Crippen molar-refractivity contribution >= 4 is 17.0 Å². The highest BCUT2D eigenvalue weighted by molar-refractivity contribution is 6.00. The van der Waals surface area contributed by atoms with Crippen LogP contribution in [0.3, 0.4) is 0 Å². The lowest BCUT2D eigenvalue weighted by atomic mass is 9.70. The highest BCUT2D eigenvalue weighted by Crippen LogP contribution is 2.49. The Balaban J connectivity index is 1.89. The number of ketones is 1. The summed E-state index contributed by atoms with van der Waals surface area (Å²) in [4.78, 5) is 15.4. The van der Waals surface area contributed by atoms with Gasteiger partial charge in [-0.2, -0.15) is 5.26 Å². The third-order valence-electron chi connectivity index (χ3n) is 6.65.